The van der Waals surface area contributed by atoms with Crippen LogP contribution in [0.1, 0.15) is 12.5 Å². The highest BCUT2D eigenvalue weighted by Gasteiger charge is 2.07. The van der Waals surface area contributed by atoms with Gasteiger partial charge in [0, 0.05) is 18.3 Å². The zero-order chi connectivity index (χ0) is 17.4. The van der Waals surface area contributed by atoms with Gasteiger partial charge in [-0.25, -0.2) is 4.79 Å². The minimum Gasteiger partial charge on any atom is -0.497 e. The third kappa shape index (κ3) is 4.81. The van der Waals surface area contributed by atoms with Crippen molar-refractivity contribution in [3.05, 3.63) is 48.0 Å². The molecule has 6 nitrogen and oxygen atoms in total. The highest BCUT2D eigenvalue weighted by atomic mass is 16.5. The Morgan fingerprint density at radius 3 is 2.58 bits per heavy atom. The molecule has 0 saturated carbocycles. The number of urea groups is 1. The second-order valence-electron chi connectivity index (χ2n) is 4.96. The molecule has 0 aliphatic heterocycles. The molecule has 0 unspecified atom stereocenters. The summed E-state index contributed by atoms with van der Waals surface area (Å²) in [5, 5.41) is 5.57. The lowest BCUT2D eigenvalue weighted by Gasteiger charge is -2.12. The predicted molar refractivity (Wildman–Crippen MR) is 93.0 cm³/mol. The summed E-state index contributed by atoms with van der Waals surface area (Å²) in [7, 11) is 3.18. The van der Waals surface area contributed by atoms with Gasteiger partial charge in [0.15, 0.2) is 11.5 Å². The Morgan fingerprint density at radius 1 is 1.04 bits per heavy atom. The van der Waals surface area contributed by atoms with Crippen molar-refractivity contribution < 1.29 is 19.0 Å². The van der Waals surface area contributed by atoms with Crippen molar-refractivity contribution in [1.29, 1.82) is 0 Å². The van der Waals surface area contributed by atoms with Crippen LogP contribution in [0.5, 0.6) is 17.2 Å². The highest BCUT2D eigenvalue weighted by molar-refractivity contribution is 5.89. The molecule has 0 radical (unpaired) electrons. The van der Waals surface area contributed by atoms with E-state index in [-0.39, 0.29) is 6.03 Å². The molecule has 0 saturated heterocycles. The fourth-order valence-electron chi connectivity index (χ4n) is 2.16. The van der Waals surface area contributed by atoms with Crippen molar-refractivity contribution in [3.63, 3.8) is 0 Å². The molecule has 2 rings (SSSR count). The average molecular weight is 330 g/mol. The van der Waals surface area contributed by atoms with Gasteiger partial charge in [0.1, 0.15) is 5.75 Å². The number of hydrogen-bond donors (Lipinski definition) is 2. The summed E-state index contributed by atoms with van der Waals surface area (Å²) in [5.74, 6) is 2.01. The smallest absolute Gasteiger partial charge is 0.319 e. The third-order valence-electron chi connectivity index (χ3n) is 3.31. The van der Waals surface area contributed by atoms with E-state index in [0.29, 0.717) is 36.1 Å². The Hall–Kier alpha value is -2.89. The van der Waals surface area contributed by atoms with Gasteiger partial charge in [-0.15, -0.1) is 0 Å². The fourth-order valence-corrected chi connectivity index (χ4v) is 2.16. The van der Waals surface area contributed by atoms with Gasteiger partial charge in [0.2, 0.25) is 0 Å². The van der Waals surface area contributed by atoms with E-state index in [9.17, 15) is 4.79 Å². The Morgan fingerprint density at radius 2 is 1.88 bits per heavy atom. The van der Waals surface area contributed by atoms with Crippen molar-refractivity contribution in [3.8, 4) is 17.2 Å². The van der Waals surface area contributed by atoms with E-state index in [0.717, 1.165) is 5.56 Å². The monoisotopic (exact) mass is 330 g/mol. The first-order valence-electron chi connectivity index (χ1n) is 7.65. The van der Waals surface area contributed by atoms with E-state index in [1.807, 2.05) is 37.3 Å². The molecule has 128 valence electrons. The van der Waals surface area contributed by atoms with Crippen LogP contribution >= 0.6 is 0 Å². The van der Waals surface area contributed by atoms with Crippen LogP contribution in [-0.4, -0.2) is 26.9 Å². The van der Waals surface area contributed by atoms with Crippen LogP contribution in [0.2, 0.25) is 0 Å². The Kier molecular flexibility index (Phi) is 6.31. The van der Waals surface area contributed by atoms with Crippen molar-refractivity contribution in [2.75, 3.05) is 26.1 Å². The normalized spacial score (nSPS) is 9.96. The fraction of sp³-hybridized carbons (Fsp3) is 0.278. The number of nitrogens with one attached hydrogen (secondary N) is 2. The standard InChI is InChI=1S/C18H22N2O4/c1-4-24-17-10-13(8-9-16(17)23-3)12-19-18(21)20-14-6-5-7-15(11-14)22-2/h5-11H,4,12H2,1-3H3,(H2,19,20,21). The van der Waals surface area contributed by atoms with E-state index in [1.165, 1.54) is 0 Å². The average Bonchev–Trinajstić information content (AvgIpc) is 2.60. The largest absolute Gasteiger partial charge is 0.497 e. The lowest BCUT2D eigenvalue weighted by atomic mass is 10.2. The molecule has 2 aromatic rings. The summed E-state index contributed by atoms with van der Waals surface area (Å²) < 4.78 is 15.9. The third-order valence-corrected chi connectivity index (χ3v) is 3.31. The van der Waals surface area contributed by atoms with E-state index in [2.05, 4.69) is 10.6 Å². The number of benzene rings is 2. The molecular weight excluding hydrogens is 308 g/mol. The summed E-state index contributed by atoms with van der Waals surface area (Å²) >= 11 is 0. The highest BCUT2D eigenvalue weighted by Crippen LogP contribution is 2.28. The molecule has 0 fully saturated rings. The summed E-state index contributed by atoms with van der Waals surface area (Å²) in [5.41, 5.74) is 1.58. The van der Waals surface area contributed by atoms with Gasteiger partial charge < -0.3 is 24.8 Å². The number of carbonyl (C=O) groups is 1. The SMILES string of the molecule is CCOc1cc(CNC(=O)Nc2cccc(OC)c2)ccc1OC. The lowest BCUT2D eigenvalue weighted by molar-refractivity contribution is 0.251. The molecule has 2 aromatic carbocycles. The second-order valence-corrected chi connectivity index (χ2v) is 4.96. The molecule has 2 amide bonds. The maximum absolute atomic E-state index is 12.0. The molecule has 0 aromatic heterocycles. The van der Waals surface area contributed by atoms with E-state index >= 15 is 0 Å². The summed E-state index contributed by atoms with van der Waals surface area (Å²) in [4.78, 5) is 12.0. The van der Waals surface area contributed by atoms with E-state index < -0.39 is 0 Å². The first kappa shape index (κ1) is 17.5. The number of rotatable bonds is 7. The van der Waals surface area contributed by atoms with Gasteiger partial charge in [0.05, 0.1) is 20.8 Å². The second kappa shape index (κ2) is 8.67. The number of carbonyl (C=O) groups excluding carboxylic acids is 1. The van der Waals surface area contributed by atoms with Gasteiger partial charge in [-0.2, -0.15) is 0 Å². The number of hydrogen-bond acceptors (Lipinski definition) is 4. The predicted octanol–water partition coefficient (Wildman–Crippen LogP) is 3.42. The molecule has 0 heterocycles. The zero-order valence-electron chi connectivity index (χ0n) is 14.1. The van der Waals surface area contributed by atoms with Gasteiger partial charge in [-0.1, -0.05) is 12.1 Å². The van der Waals surface area contributed by atoms with Crippen molar-refractivity contribution in [2.24, 2.45) is 0 Å². The molecule has 24 heavy (non-hydrogen) atoms. The summed E-state index contributed by atoms with van der Waals surface area (Å²) in [6.07, 6.45) is 0. The maximum atomic E-state index is 12.0. The number of anilines is 1. The van der Waals surface area contributed by atoms with E-state index in [4.69, 9.17) is 14.2 Å². The van der Waals surface area contributed by atoms with Crippen molar-refractivity contribution in [1.82, 2.24) is 5.32 Å². The molecular formula is C18H22N2O4. The van der Waals surface area contributed by atoms with Gasteiger partial charge in [-0.3, -0.25) is 0 Å². The first-order chi connectivity index (χ1) is 11.7. The number of amides is 2. The van der Waals surface area contributed by atoms with Gasteiger partial charge >= 0.3 is 6.03 Å². The molecule has 2 N–H and O–H groups in total. The van der Waals surface area contributed by atoms with Crippen LogP contribution in [0, 0.1) is 0 Å². The van der Waals surface area contributed by atoms with Crippen LogP contribution in [0.15, 0.2) is 42.5 Å². The zero-order valence-corrected chi connectivity index (χ0v) is 14.1. The topological polar surface area (TPSA) is 68.8 Å². The summed E-state index contributed by atoms with van der Waals surface area (Å²) in [6, 6.07) is 12.4. The van der Waals surface area contributed by atoms with Crippen molar-refractivity contribution in [2.45, 2.75) is 13.5 Å². The molecule has 0 aliphatic carbocycles. The number of methoxy groups -OCH3 is 2. The molecule has 6 heteroatoms. The maximum Gasteiger partial charge on any atom is 0.319 e. The van der Waals surface area contributed by atoms with E-state index in [1.54, 1.807) is 26.4 Å². The number of ether oxygens (including phenoxy) is 3. The van der Waals surface area contributed by atoms with Crippen LogP contribution < -0.4 is 24.8 Å². The molecule has 0 atom stereocenters. The van der Waals surface area contributed by atoms with Crippen LogP contribution in [0.25, 0.3) is 0 Å². The lowest BCUT2D eigenvalue weighted by Crippen LogP contribution is -2.28. The Bertz CT molecular complexity index is 688. The van der Waals surface area contributed by atoms with Crippen LogP contribution in [0.4, 0.5) is 10.5 Å². The van der Waals surface area contributed by atoms with Crippen LogP contribution in [0.3, 0.4) is 0 Å². The minimum absolute atomic E-state index is 0.294. The quantitative estimate of drug-likeness (QED) is 0.816. The molecule has 0 bridgehead atoms. The van der Waals surface area contributed by atoms with Gasteiger partial charge in [0.25, 0.3) is 0 Å². The first-order valence-corrected chi connectivity index (χ1v) is 7.65. The minimum atomic E-state index is -0.294. The molecule has 0 spiro atoms. The Labute approximate surface area is 141 Å². The van der Waals surface area contributed by atoms with Crippen molar-refractivity contribution >= 4 is 11.7 Å². The summed E-state index contributed by atoms with van der Waals surface area (Å²) in [6.45, 7) is 2.83. The van der Waals surface area contributed by atoms with Crippen LogP contribution in [-0.2, 0) is 6.54 Å². The molecule has 0 aliphatic rings. The van der Waals surface area contributed by atoms with Gasteiger partial charge in [-0.05, 0) is 36.8 Å². The Balaban J connectivity index is 1.94.